The Bertz CT molecular complexity index is 293. The molecule has 0 bridgehead atoms. The van der Waals surface area contributed by atoms with Gasteiger partial charge >= 0.3 is 0 Å². The molecule has 0 aliphatic heterocycles. The molecular formula is C6H5ClN2O2. The maximum absolute atomic E-state index is 9.87. The van der Waals surface area contributed by atoms with Gasteiger partial charge in [-0.3, -0.25) is 10.1 Å². The van der Waals surface area contributed by atoms with E-state index >= 15 is 0 Å². The Morgan fingerprint density at radius 2 is 2.45 bits per heavy atom. The molecule has 1 N–H and O–H groups in total. The van der Waals surface area contributed by atoms with Crippen LogP contribution in [0.2, 0.25) is 5.02 Å². The van der Waals surface area contributed by atoms with E-state index in [9.17, 15) is 10.1 Å². The van der Waals surface area contributed by atoms with Crippen molar-refractivity contribution >= 4 is 17.7 Å². The van der Waals surface area contributed by atoms with Crippen LogP contribution in [-0.4, -0.2) is 9.91 Å². The third-order valence-corrected chi connectivity index (χ3v) is 1.42. The zero-order valence-corrected chi connectivity index (χ0v) is 6.21. The molecule has 1 rings (SSSR count). The predicted octanol–water partition coefficient (Wildman–Crippen LogP) is 1.92. The molecule has 11 heavy (non-hydrogen) atoms. The molecule has 0 aliphatic carbocycles. The van der Waals surface area contributed by atoms with Crippen LogP contribution < -0.4 is 0 Å². The molecule has 0 fully saturated rings. The number of hydrogen-bond acceptors (Lipinski definition) is 2. The van der Waals surface area contributed by atoms with Crippen LogP contribution in [0.25, 0.3) is 6.08 Å². The molecule has 0 spiro atoms. The van der Waals surface area contributed by atoms with E-state index in [-0.39, 0.29) is 0 Å². The summed E-state index contributed by atoms with van der Waals surface area (Å²) in [6, 6.07) is 1.63. The van der Waals surface area contributed by atoms with Crippen LogP contribution in [0.15, 0.2) is 18.5 Å². The van der Waals surface area contributed by atoms with Gasteiger partial charge < -0.3 is 4.98 Å². The molecule has 1 heterocycles. The van der Waals surface area contributed by atoms with Crippen molar-refractivity contribution in [3.05, 3.63) is 39.3 Å². The molecule has 0 amide bonds. The number of aromatic amines is 1. The molecule has 0 unspecified atom stereocenters. The molecule has 0 aliphatic rings. The third-order valence-electron chi connectivity index (χ3n) is 1.09. The molecule has 0 saturated heterocycles. The number of aromatic nitrogens is 1. The van der Waals surface area contributed by atoms with Crippen molar-refractivity contribution in [1.82, 2.24) is 4.98 Å². The first-order chi connectivity index (χ1) is 5.20. The van der Waals surface area contributed by atoms with Gasteiger partial charge in [-0.15, -0.1) is 0 Å². The van der Waals surface area contributed by atoms with Gasteiger partial charge in [0, 0.05) is 12.3 Å². The second-order valence-corrected chi connectivity index (χ2v) is 2.25. The topological polar surface area (TPSA) is 58.9 Å². The van der Waals surface area contributed by atoms with E-state index < -0.39 is 4.92 Å². The van der Waals surface area contributed by atoms with Gasteiger partial charge in [0.25, 0.3) is 0 Å². The minimum atomic E-state index is -0.544. The highest BCUT2D eigenvalue weighted by Gasteiger charge is 1.96. The Hall–Kier alpha value is -1.29. The molecule has 5 heteroatoms. The second-order valence-electron chi connectivity index (χ2n) is 1.84. The van der Waals surface area contributed by atoms with E-state index in [4.69, 9.17) is 11.6 Å². The highest BCUT2D eigenvalue weighted by Crippen LogP contribution is 2.14. The van der Waals surface area contributed by atoms with Crippen LogP contribution in [0.4, 0.5) is 0 Å². The quantitative estimate of drug-likeness (QED) is 0.547. The Kier molecular flexibility index (Phi) is 2.28. The summed E-state index contributed by atoms with van der Waals surface area (Å²) < 4.78 is 0. The molecule has 0 atom stereocenters. The Morgan fingerprint density at radius 1 is 1.73 bits per heavy atom. The van der Waals surface area contributed by atoms with Crippen molar-refractivity contribution in [2.75, 3.05) is 0 Å². The summed E-state index contributed by atoms with van der Waals surface area (Å²) in [5.41, 5.74) is 0.545. The van der Waals surface area contributed by atoms with Gasteiger partial charge in [0.15, 0.2) is 0 Å². The van der Waals surface area contributed by atoms with E-state index in [1.54, 1.807) is 12.3 Å². The first-order valence-corrected chi connectivity index (χ1v) is 3.22. The summed E-state index contributed by atoms with van der Waals surface area (Å²) in [7, 11) is 0. The maximum Gasteiger partial charge on any atom is 0.236 e. The standard InChI is InChI=1S/C6H5ClN2O2/c7-5-1-3-8-6(5)2-4-9(10)11/h1-4,8H/b4-2+. The fourth-order valence-corrected chi connectivity index (χ4v) is 0.807. The number of H-pyrrole nitrogens is 1. The van der Waals surface area contributed by atoms with E-state index in [0.717, 1.165) is 6.20 Å². The van der Waals surface area contributed by atoms with Crippen LogP contribution in [0.1, 0.15) is 5.69 Å². The minimum Gasteiger partial charge on any atom is -0.360 e. The lowest BCUT2D eigenvalue weighted by Crippen LogP contribution is -1.82. The number of halogens is 1. The summed E-state index contributed by atoms with van der Waals surface area (Å²) in [4.78, 5) is 12.1. The average molecular weight is 173 g/mol. The Labute approximate surface area is 67.6 Å². The smallest absolute Gasteiger partial charge is 0.236 e. The normalized spacial score (nSPS) is 10.6. The molecule has 0 saturated carbocycles. The van der Waals surface area contributed by atoms with Crippen molar-refractivity contribution in [2.45, 2.75) is 0 Å². The Balaban J connectivity index is 2.79. The van der Waals surface area contributed by atoms with Crippen molar-refractivity contribution in [2.24, 2.45) is 0 Å². The number of hydrogen-bond donors (Lipinski definition) is 1. The van der Waals surface area contributed by atoms with Crippen molar-refractivity contribution in [3.8, 4) is 0 Å². The van der Waals surface area contributed by atoms with Crippen LogP contribution in [0, 0.1) is 10.1 Å². The fraction of sp³-hybridized carbons (Fsp3) is 0. The van der Waals surface area contributed by atoms with Gasteiger partial charge in [-0.1, -0.05) is 11.6 Å². The zero-order chi connectivity index (χ0) is 8.27. The SMILES string of the molecule is O=[N+]([O-])/C=C/c1[nH]ccc1Cl. The highest BCUT2D eigenvalue weighted by molar-refractivity contribution is 6.31. The first-order valence-electron chi connectivity index (χ1n) is 2.85. The lowest BCUT2D eigenvalue weighted by atomic mass is 10.4. The van der Waals surface area contributed by atoms with Crippen molar-refractivity contribution < 1.29 is 4.92 Å². The van der Waals surface area contributed by atoms with Crippen LogP contribution in [0.3, 0.4) is 0 Å². The van der Waals surface area contributed by atoms with Crippen molar-refractivity contribution in [1.29, 1.82) is 0 Å². The molecular weight excluding hydrogens is 168 g/mol. The number of nitrogens with zero attached hydrogens (tertiary/aromatic N) is 1. The minimum absolute atomic E-state index is 0.475. The van der Waals surface area contributed by atoms with Gasteiger partial charge in [-0.05, 0) is 6.07 Å². The predicted molar refractivity (Wildman–Crippen MR) is 41.8 cm³/mol. The summed E-state index contributed by atoms with van der Waals surface area (Å²) >= 11 is 5.62. The third kappa shape index (κ3) is 2.09. The molecule has 4 nitrogen and oxygen atoms in total. The van der Waals surface area contributed by atoms with Gasteiger partial charge in [-0.25, -0.2) is 0 Å². The Morgan fingerprint density at radius 3 is 2.91 bits per heavy atom. The van der Waals surface area contributed by atoms with Crippen LogP contribution in [-0.2, 0) is 0 Å². The summed E-state index contributed by atoms with van der Waals surface area (Å²) in [6.07, 6.45) is 3.75. The number of nitrogens with one attached hydrogen (secondary N) is 1. The van der Waals surface area contributed by atoms with Crippen LogP contribution >= 0.6 is 11.6 Å². The molecule has 0 aromatic carbocycles. The van der Waals surface area contributed by atoms with Gasteiger partial charge in [0.2, 0.25) is 6.20 Å². The van der Waals surface area contributed by atoms with Gasteiger partial charge in [0.05, 0.1) is 15.6 Å². The van der Waals surface area contributed by atoms with Crippen LogP contribution in [0.5, 0.6) is 0 Å². The van der Waals surface area contributed by atoms with E-state index in [0.29, 0.717) is 10.7 Å². The lowest BCUT2D eigenvalue weighted by molar-refractivity contribution is -0.401. The highest BCUT2D eigenvalue weighted by atomic mass is 35.5. The molecule has 58 valence electrons. The number of rotatable bonds is 2. The molecule has 1 aromatic rings. The van der Waals surface area contributed by atoms with Gasteiger partial charge in [-0.2, -0.15) is 0 Å². The fourth-order valence-electron chi connectivity index (χ4n) is 0.626. The lowest BCUT2D eigenvalue weighted by Gasteiger charge is -1.83. The summed E-state index contributed by atoms with van der Waals surface area (Å²) in [5, 5.41) is 10.3. The zero-order valence-electron chi connectivity index (χ0n) is 5.45. The van der Waals surface area contributed by atoms with E-state index in [2.05, 4.69) is 4.98 Å². The maximum atomic E-state index is 9.87. The summed E-state index contributed by atoms with van der Waals surface area (Å²) in [5.74, 6) is 0. The monoisotopic (exact) mass is 172 g/mol. The largest absolute Gasteiger partial charge is 0.360 e. The van der Waals surface area contributed by atoms with Gasteiger partial charge in [0.1, 0.15) is 0 Å². The molecule has 0 radical (unpaired) electrons. The summed E-state index contributed by atoms with van der Waals surface area (Å²) in [6.45, 7) is 0. The van der Waals surface area contributed by atoms with Crippen molar-refractivity contribution in [3.63, 3.8) is 0 Å². The molecule has 1 aromatic heterocycles. The number of nitro groups is 1. The average Bonchev–Trinajstić information content (AvgIpc) is 2.31. The second kappa shape index (κ2) is 3.21. The first kappa shape index (κ1) is 7.81. The van der Waals surface area contributed by atoms with E-state index in [1.807, 2.05) is 0 Å². The van der Waals surface area contributed by atoms with E-state index in [1.165, 1.54) is 6.08 Å².